The van der Waals surface area contributed by atoms with Crippen LogP contribution in [0.3, 0.4) is 0 Å². The van der Waals surface area contributed by atoms with Crippen molar-refractivity contribution in [3.05, 3.63) is 17.8 Å². The van der Waals surface area contributed by atoms with E-state index in [0.717, 1.165) is 12.5 Å². The Hall–Kier alpha value is -1.78. The summed E-state index contributed by atoms with van der Waals surface area (Å²) < 4.78 is 4.70. The van der Waals surface area contributed by atoms with Crippen LogP contribution in [0.25, 0.3) is 0 Å². The van der Waals surface area contributed by atoms with E-state index in [0.29, 0.717) is 23.0 Å². The molecule has 3 N–H and O–H groups in total. The number of nitrogen functional groups attached to an aromatic ring is 1. The first-order chi connectivity index (χ1) is 9.60. The van der Waals surface area contributed by atoms with Crippen molar-refractivity contribution in [2.45, 2.75) is 32.6 Å². The van der Waals surface area contributed by atoms with E-state index in [1.807, 2.05) is 0 Å². The molecule has 0 unspecified atom stereocenters. The van der Waals surface area contributed by atoms with Crippen molar-refractivity contribution in [3.8, 4) is 0 Å². The summed E-state index contributed by atoms with van der Waals surface area (Å²) in [6.07, 6.45) is 6.61. The van der Waals surface area contributed by atoms with E-state index in [4.69, 9.17) is 10.5 Å². The molecule has 2 rings (SSSR count). The third kappa shape index (κ3) is 3.62. The molecule has 1 fully saturated rings. The zero-order valence-electron chi connectivity index (χ0n) is 12.2. The van der Waals surface area contributed by atoms with Gasteiger partial charge in [0.15, 0.2) is 0 Å². The van der Waals surface area contributed by atoms with Gasteiger partial charge in [0.05, 0.1) is 24.6 Å². The van der Waals surface area contributed by atoms with Gasteiger partial charge in [0, 0.05) is 6.54 Å². The van der Waals surface area contributed by atoms with Crippen LogP contribution in [0.2, 0.25) is 0 Å². The lowest BCUT2D eigenvalue weighted by molar-refractivity contribution is 0.0602. The minimum Gasteiger partial charge on any atom is -0.465 e. The number of nitrogens with one attached hydrogen (secondary N) is 1. The van der Waals surface area contributed by atoms with Crippen LogP contribution in [0.4, 0.5) is 11.5 Å². The normalized spacial score (nSPS) is 22.3. The lowest BCUT2D eigenvalue weighted by atomic mass is 9.83. The maximum absolute atomic E-state index is 11.6. The fourth-order valence-corrected chi connectivity index (χ4v) is 2.63. The highest BCUT2D eigenvalue weighted by Crippen LogP contribution is 2.28. The molecule has 0 aromatic carbocycles. The number of esters is 1. The monoisotopic (exact) mass is 277 g/mol. The second kappa shape index (κ2) is 6.59. The summed E-state index contributed by atoms with van der Waals surface area (Å²) in [6, 6.07) is 1.66. The zero-order valence-corrected chi connectivity index (χ0v) is 12.2. The Morgan fingerprint density at radius 3 is 2.80 bits per heavy atom. The molecule has 110 valence electrons. The van der Waals surface area contributed by atoms with E-state index in [-0.39, 0.29) is 0 Å². The Bertz CT molecular complexity index is 468. The fraction of sp³-hybridized carbons (Fsp3) is 0.600. The number of ether oxygens (including phenoxy) is 1. The Morgan fingerprint density at radius 2 is 2.15 bits per heavy atom. The Morgan fingerprint density at radius 1 is 1.45 bits per heavy atom. The summed E-state index contributed by atoms with van der Waals surface area (Å²) in [5.74, 6) is 1.79. The highest BCUT2D eigenvalue weighted by Gasteiger charge is 2.18. The molecule has 0 atom stereocenters. The van der Waals surface area contributed by atoms with Gasteiger partial charge in [-0.3, -0.25) is 0 Å². The first-order valence-corrected chi connectivity index (χ1v) is 7.18. The van der Waals surface area contributed by atoms with Crippen molar-refractivity contribution < 1.29 is 9.53 Å². The average molecular weight is 277 g/mol. The topological polar surface area (TPSA) is 77.2 Å². The number of carbonyl (C=O) groups excluding carboxylic acids is 1. The van der Waals surface area contributed by atoms with Crippen LogP contribution in [0.15, 0.2) is 12.3 Å². The van der Waals surface area contributed by atoms with Crippen LogP contribution >= 0.6 is 0 Å². The summed E-state index contributed by atoms with van der Waals surface area (Å²) in [5, 5.41) is 3.30. The smallest absolute Gasteiger partial charge is 0.340 e. The second-order valence-electron chi connectivity index (χ2n) is 5.66. The minimum absolute atomic E-state index is 0.342. The molecule has 1 aliphatic carbocycles. The van der Waals surface area contributed by atoms with Gasteiger partial charge in [0.2, 0.25) is 0 Å². The molecule has 1 aromatic rings. The molecule has 1 heterocycles. The largest absolute Gasteiger partial charge is 0.465 e. The number of rotatable bonds is 4. The molecule has 1 saturated carbocycles. The number of methoxy groups -OCH3 is 1. The van der Waals surface area contributed by atoms with Gasteiger partial charge in [-0.2, -0.15) is 0 Å². The zero-order chi connectivity index (χ0) is 14.5. The van der Waals surface area contributed by atoms with Crippen molar-refractivity contribution in [3.63, 3.8) is 0 Å². The molecule has 0 spiro atoms. The summed E-state index contributed by atoms with van der Waals surface area (Å²) in [6.45, 7) is 3.21. The number of pyridine rings is 1. The average Bonchev–Trinajstić information content (AvgIpc) is 2.47. The molecule has 1 aromatic heterocycles. The third-order valence-corrected chi connectivity index (χ3v) is 4.05. The Kier molecular flexibility index (Phi) is 4.82. The summed E-state index contributed by atoms with van der Waals surface area (Å²) >= 11 is 0. The molecule has 0 saturated heterocycles. The first-order valence-electron chi connectivity index (χ1n) is 7.18. The van der Waals surface area contributed by atoms with E-state index >= 15 is 0 Å². The van der Waals surface area contributed by atoms with Crippen molar-refractivity contribution in [1.82, 2.24) is 4.98 Å². The van der Waals surface area contributed by atoms with Crippen LogP contribution in [0.5, 0.6) is 0 Å². The highest BCUT2D eigenvalue weighted by atomic mass is 16.5. The van der Waals surface area contributed by atoms with Crippen LogP contribution < -0.4 is 11.1 Å². The summed E-state index contributed by atoms with van der Waals surface area (Å²) in [5.41, 5.74) is 6.43. The maximum atomic E-state index is 11.6. The van der Waals surface area contributed by atoms with Gasteiger partial charge in [-0.25, -0.2) is 9.78 Å². The summed E-state index contributed by atoms with van der Waals surface area (Å²) in [7, 11) is 1.35. The number of nitrogens with zero attached hydrogens (tertiary/aromatic N) is 1. The van der Waals surface area contributed by atoms with Gasteiger partial charge in [0.25, 0.3) is 0 Å². The molecule has 0 bridgehead atoms. The molecule has 0 amide bonds. The maximum Gasteiger partial charge on any atom is 0.340 e. The number of aromatic nitrogens is 1. The number of nitrogens with two attached hydrogens (primary N) is 1. The third-order valence-electron chi connectivity index (χ3n) is 4.05. The minimum atomic E-state index is -0.431. The highest BCUT2D eigenvalue weighted by molar-refractivity contribution is 5.95. The second-order valence-corrected chi connectivity index (χ2v) is 5.66. The van der Waals surface area contributed by atoms with E-state index in [1.165, 1.54) is 39.0 Å². The van der Waals surface area contributed by atoms with E-state index in [9.17, 15) is 4.79 Å². The van der Waals surface area contributed by atoms with Gasteiger partial charge in [-0.05, 0) is 30.7 Å². The van der Waals surface area contributed by atoms with E-state index < -0.39 is 5.97 Å². The predicted molar refractivity (Wildman–Crippen MR) is 79.6 cm³/mol. The van der Waals surface area contributed by atoms with Gasteiger partial charge in [-0.1, -0.05) is 19.8 Å². The lowest BCUT2D eigenvalue weighted by Crippen LogP contribution is -2.20. The van der Waals surface area contributed by atoms with E-state index in [1.54, 1.807) is 6.07 Å². The number of hydrogen-bond acceptors (Lipinski definition) is 5. The van der Waals surface area contributed by atoms with Crippen molar-refractivity contribution in [2.24, 2.45) is 11.8 Å². The molecule has 0 aliphatic heterocycles. The Labute approximate surface area is 119 Å². The van der Waals surface area contributed by atoms with Crippen molar-refractivity contribution >= 4 is 17.5 Å². The molecular formula is C15H23N3O2. The van der Waals surface area contributed by atoms with Crippen LogP contribution in [-0.2, 0) is 4.74 Å². The molecule has 20 heavy (non-hydrogen) atoms. The standard InChI is InChI=1S/C15H23N3O2/c1-10-3-5-11(6-4-10)8-17-14-7-12(15(19)20-2)13(16)9-18-14/h7,9-11H,3-6,8,16H2,1-2H3,(H,17,18). The number of carbonyl (C=O) groups is 1. The van der Waals surface area contributed by atoms with Crippen molar-refractivity contribution in [2.75, 3.05) is 24.7 Å². The molecule has 5 nitrogen and oxygen atoms in total. The fourth-order valence-electron chi connectivity index (χ4n) is 2.63. The molecule has 1 aliphatic rings. The molecule has 0 radical (unpaired) electrons. The van der Waals surface area contributed by atoms with Gasteiger partial charge >= 0.3 is 5.97 Å². The SMILES string of the molecule is COC(=O)c1cc(NCC2CCC(C)CC2)ncc1N. The lowest BCUT2D eigenvalue weighted by Gasteiger charge is -2.26. The predicted octanol–water partition coefficient (Wildman–Crippen LogP) is 2.69. The van der Waals surface area contributed by atoms with Crippen LogP contribution in [0.1, 0.15) is 43.0 Å². The quantitative estimate of drug-likeness (QED) is 0.827. The number of hydrogen-bond donors (Lipinski definition) is 2. The van der Waals surface area contributed by atoms with E-state index in [2.05, 4.69) is 17.2 Å². The van der Waals surface area contributed by atoms with Crippen LogP contribution in [-0.4, -0.2) is 24.6 Å². The first kappa shape index (κ1) is 14.6. The van der Waals surface area contributed by atoms with Gasteiger partial charge < -0.3 is 15.8 Å². The molecule has 5 heteroatoms. The van der Waals surface area contributed by atoms with Gasteiger partial charge in [0.1, 0.15) is 5.82 Å². The number of anilines is 2. The Balaban J connectivity index is 1.94. The molecular weight excluding hydrogens is 254 g/mol. The summed E-state index contributed by atoms with van der Waals surface area (Å²) in [4.78, 5) is 15.8. The van der Waals surface area contributed by atoms with Crippen molar-refractivity contribution in [1.29, 1.82) is 0 Å². The van der Waals surface area contributed by atoms with Gasteiger partial charge in [-0.15, -0.1) is 0 Å². The van der Waals surface area contributed by atoms with Crippen LogP contribution in [0, 0.1) is 11.8 Å².